The number of aromatic nitrogens is 3. The summed E-state index contributed by atoms with van der Waals surface area (Å²) < 4.78 is 35.8. The highest BCUT2D eigenvalue weighted by atomic mass is 32.3. The van der Waals surface area contributed by atoms with Gasteiger partial charge in [0.1, 0.15) is 15.4 Å². The lowest BCUT2D eigenvalue weighted by Crippen LogP contribution is -2.58. The molecule has 11 nitrogen and oxygen atoms in total. The Morgan fingerprint density at radius 3 is 2.63 bits per heavy atom. The fourth-order valence-corrected chi connectivity index (χ4v) is 7.47. The molecular weight excluding hydrogens is 492 g/mol. The van der Waals surface area contributed by atoms with Gasteiger partial charge in [0.05, 0.1) is 38.5 Å². The van der Waals surface area contributed by atoms with Crippen molar-refractivity contribution < 1.29 is 22.7 Å². The number of aryl methyl sites for hydroxylation is 1. The maximum absolute atomic E-state index is 13.6. The molecule has 2 fully saturated rings. The topological polar surface area (TPSA) is 127 Å². The minimum Gasteiger partial charge on any atom is -0.495 e. The van der Waals surface area contributed by atoms with Gasteiger partial charge in [-0.15, -0.1) is 0 Å². The van der Waals surface area contributed by atoms with E-state index in [2.05, 4.69) is 14.8 Å². The van der Waals surface area contributed by atoms with E-state index in [4.69, 9.17) is 4.74 Å². The van der Waals surface area contributed by atoms with Crippen LogP contribution in [0.4, 0.5) is 4.79 Å². The second kappa shape index (κ2) is 8.64. The number of pyridine rings is 1. The van der Waals surface area contributed by atoms with Crippen molar-refractivity contribution in [3.05, 3.63) is 52.3 Å². The fourth-order valence-electron chi connectivity index (χ4n) is 4.16. The number of thioether (sulfide) groups is 1. The van der Waals surface area contributed by atoms with E-state index in [0.717, 1.165) is 29.5 Å². The average Bonchev–Trinajstić information content (AvgIpc) is 3.19. The molecule has 1 saturated carbocycles. The lowest BCUT2D eigenvalue weighted by molar-refractivity contribution is -0.135. The molecular formula is C22H26N6O5S2. The third-order valence-electron chi connectivity index (χ3n) is 6.30. The van der Waals surface area contributed by atoms with Gasteiger partial charge in [-0.25, -0.2) is 17.9 Å². The molecule has 0 aromatic carbocycles. The Kier molecular flexibility index (Phi) is 5.88. The first-order valence-electron chi connectivity index (χ1n) is 11.1. The molecule has 1 N–H and O–H groups in total. The molecule has 0 bridgehead atoms. The van der Waals surface area contributed by atoms with Crippen molar-refractivity contribution in [2.24, 2.45) is 13.0 Å². The van der Waals surface area contributed by atoms with Crippen LogP contribution in [0.25, 0.3) is 0 Å². The first-order chi connectivity index (χ1) is 16.6. The average molecular weight is 519 g/mol. The molecule has 2 aliphatic heterocycles. The maximum atomic E-state index is 13.6. The predicted octanol–water partition coefficient (Wildman–Crippen LogP) is 1.79. The zero-order valence-corrected chi connectivity index (χ0v) is 21.2. The Balaban J connectivity index is 1.47. The Morgan fingerprint density at radius 1 is 1.20 bits per heavy atom. The van der Waals surface area contributed by atoms with E-state index in [1.165, 1.54) is 18.1 Å². The highest BCUT2D eigenvalue weighted by Crippen LogP contribution is 2.46. The van der Waals surface area contributed by atoms with Gasteiger partial charge in [0.2, 0.25) is 15.9 Å². The summed E-state index contributed by atoms with van der Waals surface area (Å²) in [5.74, 6) is -0.695. The van der Waals surface area contributed by atoms with Gasteiger partial charge in [0, 0.05) is 30.5 Å². The van der Waals surface area contributed by atoms with Crippen LogP contribution in [0.15, 0.2) is 41.2 Å². The summed E-state index contributed by atoms with van der Waals surface area (Å²) >= 11 is 1.03. The summed E-state index contributed by atoms with van der Waals surface area (Å²) in [6, 6.07) is 1.27. The van der Waals surface area contributed by atoms with Crippen LogP contribution >= 0.6 is 11.8 Å². The van der Waals surface area contributed by atoms with Crippen LogP contribution in [0.2, 0.25) is 0 Å². The molecule has 2 aromatic rings. The Bertz CT molecular complexity index is 1320. The van der Waals surface area contributed by atoms with E-state index in [1.807, 2.05) is 6.92 Å². The molecule has 2 atom stereocenters. The van der Waals surface area contributed by atoms with Crippen molar-refractivity contribution in [2.45, 2.75) is 43.8 Å². The first-order valence-corrected chi connectivity index (χ1v) is 13.4. The molecule has 35 heavy (non-hydrogen) atoms. The van der Waals surface area contributed by atoms with Gasteiger partial charge in [-0.2, -0.15) is 5.10 Å². The number of imide groups is 1. The summed E-state index contributed by atoms with van der Waals surface area (Å²) in [6.45, 7) is 2.03. The summed E-state index contributed by atoms with van der Waals surface area (Å²) in [7, 11) is -0.536. The largest absolute Gasteiger partial charge is 0.495 e. The maximum Gasteiger partial charge on any atom is 0.328 e. The van der Waals surface area contributed by atoms with Gasteiger partial charge in [-0.1, -0.05) is 11.8 Å². The third kappa shape index (κ3) is 4.67. The molecule has 0 radical (unpaired) electrons. The second-order valence-corrected chi connectivity index (χ2v) is 12.3. The quantitative estimate of drug-likeness (QED) is 0.561. The molecule has 5 rings (SSSR count). The molecule has 1 saturated heterocycles. The summed E-state index contributed by atoms with van der Waals surface area (Å²) in [6.07, 6.45) is 9.52. The van der Waals surface area contributed by atoms with Gasteiger partial charge in [-0.05, 0) is 37.5 Å². The number of carbonyl (C=O) groups is 2. The zero-order valence-electron chi connectivity index (χ0n) is 19.5. The second-order valence-electron chi connectivity index (χ2n) is 9.28. The lowest BCUT2D eigenvalue weighted by atomic mass is 10.0. The minimum atomic E-state index is -3.81. The summed E-state index contributed by atoms with van der Waals surface area (Å²) in [5, 5.41) is 3.43. The number of nitrogens with zero attached hydrogens (tertiary/aromatic N) is 5. The van der Waals surface area contributed by atoms with Crippen molar-refractivity contribution in [3.63, 3.8) is 0 Å². The molecule has 2 aromatic heterocycles. The van der Waals surface area contributed by atoms with Crippen molar-refractivity contribution in [2.75, 3.05) is 7.11 Å². The van der Waals surface area contributed by atoms with Crippen molar-refractivity contribution in [1.82, 2.24) is 29.3 Å². The van der Waals surface area contributed by atoms with Crippen LogP contribution in [0.5, 0.6) is 5.75 Å². The number of rotatable bonds is 8. The normalized spacial score (nSPS) is 23.3. The van der Waals surface area contributed by atoms with Gasteiger partial charge in [0.25, 0.3) is 0 Å². The number of ether oxygens (including phenoxy) is 1. The number of sulfonamides is 1. The number of hydrogen-bond acceptors (Lipinski definition) is 8. The van der Waals surface area contributed by atoms with Crippen molar-refractivity contribution >= 4 is 33.7 Å². The molecule has 3 aliphatic rings. The van der Waals surface area contributed by atoms with Crippen LogP contribution in [0, 0.1) is 5.92 Å². The Morgan fingerprint density at radius 2 is 1.97 bits per heavy atom. The predicted molar refractivity (Wildman–Crippen MR) is 128 cm³/mol. The molecule has 186 valence electrons. The van der Waals surface area contributed by atoms with Crippen LogP contribution in [-0.4, -0.2) is 62.9 Å². The van der Waals surface area contributed by atoms with E-state index in [1.54, 1.807) is 42.6 Å². The number of methoxy groups -OCH3 is 1. The molecule has 13 heteroatoms. The lowest BCUT2D eigenvalue weighted by Gasteiger charge is -2.41. The molecule has 4 heterocycles. The number of urea groups is 1. The smallest absolute Gasteiger partial charge is 0.328 e. The highest BCUT2D eigenvalue weighted by molar-refractivity contribution is 8.18. The zero-order chi connectivity index (χ0) is 25.0. The number of fused-ring (bicyclic) bond motifs is 1. The van der Waals surface area contributed by atoms with Crippen LogP contribution < -0.4 is 9.46 Å². The number of carbonyl (C=O) groups excluding carboxylic acids is 2. The minimum absolute atomic E-state index is 0.0402. The van der Waals surface area contributed by atoms with Gasteiger partial charge in [0.15, 0.2) is 0 Å². The SMILES string of the molecule is COc1cncc(CN2C(=O)N(Cc3cnn(C)c3)C(=O)C3C=C(S(=O)(=O)NC4(C)CC4)SC32)c1. The van der Waals surface area contributed by atoms with Crippen molar-refractivity contribution in [3.8, 4) is 5.75 Å². The number of hydrogen-bond donors (Lipinski definition) is 1. The van der Waals surface area contributed by atoms with Gasteiger partial charge < -0.3 is 9.64 Å². The van der Waals surface area contributed by atoms with E-state index >= 15 is 0 Å². The Labute approximate surface area is 207 Å². The number of nitrogens with one attached hydrogen (secondary N) is 1. The molecule has 2 unspecified atom stereocenters. The first kappa shape index (κ1) is 23.8. The standard InChI is InChI=1S/C22H26N6O5S2/c1-22(4-5-22)25-35(31,32)18-7-17-19(29)27(13-15-9-24-26(2)11-15)21(30)28(20(17)34-18)12-14-6-16(33-3)10-23-8-14/h6-11,17,20,25H,4-5,12-13H2,1-3H3. The molecule has 1 aliphatic carbocycles. The highest BCUT2D eigenvalue weighted by Gasteiger charge is 2.52. The van der Waals surface area contributed by atoms with Crippen LogP contribution in [0.1, 0.15) is 30.9 Å². The Hall–Kier alpha value is -2.90. The number of amides is 3. The monoisotopic (exact) mass is 518 g/mol. The van der Waals surface area contributed by atoms with E-state index < -0.39 is 38.8 Å². The molecule has 3 amide bonds. The van der Waals surface area contributed by atoms with E-state index in [0.29, 0.717) is 16.9 Å². The fraction of sp³-hybridized carbons (Fsp3) is 0.455. The van der Waals surface area contributed by atoms with Crippen LogP contribution in [-0.2, 0) is 35.0 Å². The van der Waals surface area contributed by atoms with Crippen molar-refractivity contribution in [1.29, 1.82) is 0 Å². The summed E-state index contributed by atoms with van der Waals surface area (Å²) in [5.41, 5.74) is 0.945. The van der Waals surface area contributed by atoms with E-state index in [-0.39, 0.29) is 17.3 Å². The van der Waals surface area contributed by atoms with Crippen LogP contribution in [0.3, 0.4) is 0 Å². The van der Waals surface area contributed by atoms with Gasteiger partial charge >= 0.3 is 6.03 Å². The molecule has 0 spiro atoms. The van der Waals surface area contributed by atoms with Gasteiger partial charge in [-0.3, -0.25) is 19.4 Å². The third-order valence-corrected chi connectivity index (χ3v) is 9.83. The summed E-state index contributed by atoms with van der Waals surface area (Å²) in [4.78, 5) is 33.9. The van der Waals surface area contributed by atoms with E-state index in [9.17, 15) is 18.0 Å².